The summed E-state index contributed by atoms with van der Waals surface area (Å²) in [5.74, 6) is 0.604. The van der Waals surface area contributed by atoms with Gasteiger partial charge in [0, 0.05) is 36.6 Å². The highest BCUT2D eigenvalue weighted by Crippen LogP contribution is 2.32. The number of H-pyrrole nitrogens is 1. The van der Waals surface area contributed by atoms with Crippen molar-refractivity contribution in [3.8, 4) is 11.5 Å². The molecule has 2 aromatic rings. The minimum Gasteiger partial charge on any atom is -0.503 e. The van der Waals surface area contributed by atoms with Gasteiger partial charge in [0.1, 0.15) is 0 Å². The highest BCUT2D eigenvalue weighted by molar-refractivity contribution is 5.38. The molecule has 6 heteroatoms. The Bertz CT molecular complexity index is 686. The first-order valence-electron chi connectivity index (χ1n) is 7.73. The average molecular weight is 303 g/mol. The number of hydrogen-bond donors (Lipinski definition) is 2. The summed E-state index contributed by atoms with van der Waals surface area (Å²) in [6, 6.07) is 1.79. The lowest BCUT2D eigenvalue weighted by Crippen LogP contribution is -2.19. The van der Waals surface area contributed by atoms with Crippen LogP contribution in [0.4, 0.5) is 0 Å². The summed E-state index contributed by atoms with van der Waals surface area (Å²) in [7, 11) is 0. The van der Waals surface area contributed by atoms with Crippen molar-refractivity contribution in [1.82, 2.24) is 14.5 Å². The van der Waals surface area contributed by atoms with E-state index in [-0.39, 0.29) is 23.5 Å². The maximum absolute atomic E-state index is 11.6. The summed E-state index contributed by atoms with van der Waals surface area (Å²) >= 11 is 0. The smallest absolute Gasteiger partial charge is 0.325 e. The van der Waals surface area contributed by atoms with Gasteiger partial charge < -0.3 is 14.8 Å². The second-order valence-corrected chi connectivity index (χ2v) is 5.92. The van der Waals surface area contributed by atoms with Gasteiger partial charge in [0.25, 0.3) is 0 Å². The summed E-state index contributed by atoms with van der Waals surface area (Å²) in [4.78, 5) is 18.4. The maximum atomic E-state index is 11.6. The van der Waals surface area contributed by atoms with Gasteiger partial charge in [-0.3, -0.25) is 9.55 Å². The van der Waals surface area contributed by atoms with E-state index in [1.165, 1.54) is 19.0 Å². The molecule has 2 aromatic heterocycles. The molecule has 118 valence electrons. The lowest BCUT2D eigenvalue weighted by molar-refractivity contribution is 0.201. The van der Waals surface area contributed by atoms with Gasteiger partial charge in [-0.25, -0.2) is 4.79 Å². The molecule has 0 radical (unpaired) electrons. The van der Waals surface area contributed by atoms with Crippen molar-refractivity contribution in [2.45, 2.75) is 51.2 Å². The second kappa shape index (κ2) is 6.25. The van der Waals surface area contributed by atoms with Gasteiger partial charge in [-0.05, 0) is 25.7 Å². The Balaban J connectivity index is 1.75. The van der Waals surface area contributed by atoms with Crippen molar-refractivity contribution in [3.63, 3.8) is 0 Å². The minimum atomic E-state index is -0.131. The highest BCUT2D eigenvalue weighted by atomic mass is 16.5. The van der Waals surface area contributed by atoms with Crippen LogP contribution in [-0.4, -0.2) is 25.7 Å². The Morgan fingerprint density at radius 1 is 1.50 bits per heavy atom. The molecule has 2 heterocycles. The van der Waals surface area contributed by atoms with Crippen molar-refractivity contribution in [2.24, 2.45) is 0 Å². The number of aromatic hydroxyl groups is 1. The van der Waals surface area contributed by atoms with Crippen LogP contribution in [0, 0.1) is 0 Å². The molecule has 1 unspecified atom stereocenters. The molecule has 6 nitrogen and oxygen atoms in total. The molecule has 1 aliphatic carbocycles. The molecular formula is C16H21N3O3. The maximum Gasteiger partial charge on any atom is 0.325 e. The Morgan fingerprint density at radius 2 is 2.27 bits per heavy atom. The summed E-state index contributed by atoms with van der Waals surface area (Å²) in [5.41, 5.74) is 0.673. The van der Waals surface area contributed by atoms with Gasteiger partial charge in [0.05, 0.1) is 12.3 Å². The van der Waals surface area contributed by atoms with E-state index in [4.69, 9.17) is 4.74 Å². The molecule has 0 saturated heterocycles. The second-order valence-electron chi connectivity index (χ2n) is 5.92. The normalized spacial score (nSPS) is 16.8. The lowest BCUT2D eigenvalue weighted by Gasteiger charge is -2.17. The molecule has 0 amide bonds. The van der Waals surface area contributed by atoms with E-state index < -0.39 is 0 Å². The van der Waals surface area contributed by atoms with Crippen molar-refractivity contribution >= 4 is 0 Å². The summed E-state index contributed by atoms with van der Waals surface area (Å²) in [6.45, 7) is 2.53. The molecule has 1 aliphatic rings. The van der Waals surface area contributed by atoms with Gasteiger partial charge in [-0.2, -0.15) is 0 Å². The number of nitrogens with one attached hydrogen (secondary N) is 1. The molecule has 0 bridgehead atoms. The monoisotopic (exact) mass is 303 g/mol. The SMILES string of the molecule is CC(Cn1cc[nH]c1=O)c1cc(OC2CCCC2)c(O)cn1. The Labute approximate surface area is 128 Å². The van der Waals surface area contributed by atoms with E-state index >= 15 is 0 Å². The standard InChI is InChI=1S/C16H21N3O3/c1-11(10-19-7-6-17-16(19)21)13-8-15(14(20)9-18-13)22-12-4-2-3-5-12/h6-9,11-12,20H,2-5,10H2,1H3,(H,17,21). The van der Waals surface area contributed by atoms with Gasteiger partial charge in [0.2, 0.25) is 0 Å². The van der Waals surface area contributed by atoms with Crippen LogP contribution in [0.25, 0.3) is 0 Å². The number of pyridine rings is 1. The van der Waals surface area contributed by atoms with Crippen LogP contribution in [-0.2, 0) is 6.54 Å². The van der Waals surface area contributed by atoms with E-state index in [0.29, 0.717) is 12.3 Å². The molecule has 22 heavy (non-hydrogen) atoms. The van der Waals surface area contributed by atoms with Gasteiger partial charge in [0.15, 0.2) is 11.5 Å². The Kier molecular flexibility index (Phi) is 4.18. The molecule has 2 N–H and O–H groups in total. The largest absolute Gasteiger partial charge is 0.503 e. The summed E-state index contributed by atoms with van der Waals surface area (Å²) < 4.78 is 7.50. The van der Waals surface area contributed by atoms with Crippen LogP contribution in [0.5, 0.6) is 11.5 Å². The van der Waals surface area contributed by atoms with Crippen LogP contribution >= 0.6 is 0 Å². The zero-order valence-electron chi connectivity index (χ0n) is 12.7. The number of ether oxygens (including phenoxy) is 1. The number of hydrogen-bond acceptors (Lipinski definition) is 4. The third-order valence-electron chi connectivity index (χ3n) is 4.16. The predicted octanol–water partition coefficient (Wildman–Crippen LogP) is 2.40. The molecule has 0 spiro atoms. The fourth-order valence-corrected chi connectivity index (χ4v) is 2.88. The van der Waals surface area contributed by atoms with Crippen LogP contribution in [0.15, 0.2) is 29.5 Å². The van der Waals surface area contributed by atoms with Crippen molar-refractivity contribution in [1.29, 1.82) is 0 Å². The van der Waals surface area contributed by atoms with E-state index in [1.807, 2.05) is 6.92 Å². The molecular weight excluding hydrogens is 282 g/mol. The molecule has 3 rings (SSSR count). The highest BCUT2D eigenvalue weighted by Gasteiger charge is 2.19. The van der Waals surface area contributed by atoms with E-state index in [0.717, 1.165) is 18.5 Å². The van der Waals surface area contributed by atoms with Crippen LogP contribution < -0.4 is 10.4 Å². The summed E-state index contributed by atoms with van der Waals surface area (Å²) in [5, 5.41) is 9.93. The van der Waals surface area contributed by atoms with Crippen molar-refractivity contribution in [2.75, 3.05) is 0 Å². The first-order chi connectivity index (χ1) is 10.6. The Hall–Kier alpha value is -2.24. The third kappa shape index (κ3) is 3.16. The first kappa shape index (κ1) is 14.7. The number of nitrogens with zero attached hydrogens (tertiary/aromatic N) is 2. The first-order valence-corrected chi connectivity index (χ1v) is 7.73. The van der Waals surface area contributed by atoms with E-state index in [9.17, 15) is 9.90 Å². The Morgan fingerprint density at radius 3 is 2.95 bits per heavy atom. The summed E-state index contributed by atoms with van der Waals surface area (Å²) in [6.07, 6.45) is 9.37. The number of aromatic nitrogens is 3. The quantitative estimate of drug-likeness (QED) is 0.889. The average Bonchev–Trinajstić information content (AvgIpc) is 3.14. The minimum absolute atomic E-state index is 0.0417. The van der Waals surface area contributed by atoms with E-state index in [1.54, 1.807) is 23.0 Å². The van der Waals surface area contributed by atoms with Crippen molar-refractivity contribution in [3.05, 3.63) is 40.8 Å². The van der Waals surface area contributed by atoms with Crippen LogP contribution in [0.3, 0.4) is 0 Å². The fraction of sp³-hybridized carbons (Fsp3) is 0.500. The fourth-order valence-electron chi connectivity index (χ4n) is 2.88. The third-order valence-corrected chi connectivity index (χ3v) is 4.16. The molecule has 1 atom stereocenters. The zero-order chi connectivity index (χ0) is 15.5. The molecule has 1 saturated carbocycles. The molecule has 0 aliphatic heterocycles. The lowest BCUT2D eigenvalue weighted by atomic mass is 10.1. The van der Waals surface area contributed by atoms with E-state index in [2.05, 4.69) is 9.97 Å². The van der Waals surface area contributed by atoms with Gasteiger partial charge in [-0.15, -0.1) is 0 Å². The van der Waals surface area contributed by atoms with Gasteiger partial charge in [-0.1, -0.05) is 6.92 Å². The predicted molar refractivity (Wildman–Crippen MR) is 82.3 cm³/mol. The zero-order valence-corrected chi connectivity index (χ0v) is 12.7. The van der Waals surface area contributed by atoms with Crippen molar-refractivity contribution < 1.29 is 9.84 Å². The van der Waals surface area contributed by atoms with Crippen LogP contribution in [0.2, 0.25) is 0 Å². The van der Waals surface area contributed by atoms with Gasteiger partial charge >= 0.3 is 5.69 Å². The number of imidazole rings is 1. The molecule has 1 fully saturated rings. The van der Waals surface area contributed by atoms with Crippen LogP contribution in [0.1, 0.15) is 44.2 Å². The topological polar surface area (TPSA) is 80.1 Å². The number of aromatic amines is 1. The number of rotatable bonds is 5. The molecule has 0 aromatic carbocycles.